The molecule has 0 bridgehead atoms. The topological polar surface area (TPSA) is 30.5 Å². The zero-order chi connectivity index (χ0) is 14.9. The summed E-state index contributed by atoms with van der Waals surface area (Å²) in [7, 11) is 1.68. The first-order valence-electron chi connectivity index (χ1n) is 6.98. The molecule has 3 heteroatoms. The minimum Gasteiger partial charge on any atom is -0.497 e. The van der Waals surface area contributed by atoms with Gasteiger partial charge in [-0.15, -0.1) is 0 Å². The maximum atomic E-state index is 5.65. The van der Waals surface area contributed by atoms with Crippen molar-refractivity contribution in [3.63, 3.8) is 0 Å². The van der Waals surface area contributed by atoms with Crippen LogP contribution in [0.15, 0.2) is 61.2 Å². The molecule has 2 aromatic carbocycles. The van der Waals surface area contributed by atoms with Crippen LogP contribution < -0.4 is 14.8 Å². The lowest BCUT2D eigenvalue weighted by atomic mass is 10.2. The minimum absolute atomic E-state index is 0.521. The Labute approximate surface area is 126 Å². The second-order valence-corrected chi connectivity index (χ2v) is 4.66. The van der Waals surface area contributed by atoms with Gasteiger partial charge in [0, 0.05) is 18.7 Å². The van der Waals surface area contributed by atoms with Gasteiger partial charge in [-0.05, 0) is 23.8 Å². The third-order valence-corrected chi connectivity index (χ3v) is 3.11. The van der Waals surface area contributed by atoms with Crippen LogP contribution in [-0.2, 0) is 13.1 Å². The van der Waals surface area contributed by atoms with Crippen LogP contribution >= 0.6 is 0 Å². The molecule has 0 fully saturated rings. The predicted molar refractivity (Wildman–Crippen MR) is 85.7 cm³/mol. The lowest BCUT2D eigenvalue weighted by molar-refractivity contribution is 0.358. The number of rotatable bonds is 8. The molecular weight excluding hydrogens is 262 g/mol. The molecule has 0 saturated carbocycles. The van der Waals surface area contributed by atoms with Crippen molar-refractivity contribution in [2.24, 2.45) is 0 Å². The Morgan fingerprint density at radius 1 is 1.10 bits per heavy atom. The molecule has 0 aliphatic rings. The Kier molecular flexibility index (Phi) is 5.85. The molecule has 0 spiro atoms. The van der Waals surface area contributed by atoms with Crippen LogP contribution in [0.4, 0.5) is 0 Å². The van der Waals surface area contributed by atoms with E-state index in [2.05, 4.69) is 24.0 Å². The summed E-state index contributed by atoms with van der Waals surface area (Å²) in [5.41, 5.74) is 2.33. The van der Waals surface area contributed by atoms with E-state index in [1.807, 2.05) is 36.4 Å². The van der Waals surface area contributed by atoms with Gasteiger partial charge in [-0.2, -0.15) is 0 Å². The van der Waals surface area contributed by atoms with Gasteiger partial charge in [-0.3, -0.25) is 0 Å². The molecule has 0 radical (unpaired) electrons. The molecule has 2 aromatic rings. The van der Waals surface area contributed by atoms with E-state index in [1.165, 1.54) is 5.56 Å². The fourth-order valence-corrected chi connectivity index (χ4v) is 2.06. The molecule has 0 aliphatic carbocycles. The average Bonchev–Trinajstić information content (AvgIpc) is 2.54. The van der Waals surface area contributed by atoms with Crippen molar-refractivity contribution in [2.75, 3.05) is 13.7 Å². The van der Waals surface area contributed by atoms with Gasteiger partial charge in [0.2, 0.25) is 0 Å². The number of ether oxygens (including phenoxy) is 2. The summed E-state index contributed by atoms with van der Waals surface area (Å²) in [6, 6.07) is 16.1. The molecule has 3 nitrogen and oxygen atoms in total. The van der Waals surface area contributed by atoms with E-state index in [-0.39, 0.29) is 0 Å². The Hall–Kier alpha value is -2.26. The molecule has 0 aliphatic heterocycles. The number of benzene rings is 2. The zero-order valence-electron chi connectivity index (χ0n) is 12.3. The fourth-order valence-electron chi connectivity index (χ4n) is 2.06. The van der Waals surface area contributed by atoms with Gasteiger partial charge in [-0.1, -0.05) is 43.0 Å². The normalized spacial score (nSPS) is 10.1. The first-order chi connectivity index (χ1) is 10.3. The predicted octanol–water partition coefficient (Wildman–Crippen LogP) is 3.55. The van der Waals surface area contributed by atoms with Crippen molar-refractivity contribution in [2.45, 2.75) is 13.1 Å². The smallest absolute Gasteiger partial charge is 0.124 e. The van der Waals surface area contributed by atoms with Crippen molar-refractivity contribution < 1.29 is 9.47 Å². The lowest BCUT2D eigenvalue weighted by Gasteiger charge is -2.11. The number of para-hydroxylation sites is 1. The highest BCUT2D eigenvalue weighted by Gasteiger charge is 2.02. The van der Waals surface area contributed by atoms with Crippen molar-refractivity contribution in [1.29, 1.82) is 0 Å². The second-order valence-electron chi connectivity index (χ2n) is 4.66. The monoisotopic (exact) mass is 283 g/mol. The van der Waals surface area contributed by atoms with E-state index >= 15 is 0 Å². The molecule has 0 heterocycles. The summed E-state index contributed by atoms with van der Waals surface area (Å²) in [6.45, 7) is 5.73. The van der Waals surface area contributed by atoms with Crippen LogP contribution in [0, 0.1) is 0 Å². The SMILES string of the molecule is C=CCOc1ccccc1CNCc1cccc(OC)c1. The average molecular weight is 283 g/mol. The Balaban J connectivity index is 1.92. The summed E-state index contributed by atoms with van der Waals surface area (Å²) in [5, 5.41) is 3.42. The second kappa shape index (κ2) is 8.12. The van der Waals surface area contributed by atoms with E-state index < -0.39 is 0 Å². The van der Waals surface area contributed by atoms with Crippen molar-refractivity contribution in [3.8, 4) is 11.5 Å². The van der Waals surface area contributed by atoms with Crippen LogP contribution in [0.2, 0.25) is 0 Å². The third kappa shape index (κ3) is 4.65. The molecule has 0 aromatic heterocycles. The van der Waals surface area contributed by atoms with Crippen molar-refractivity contribution in [1.82, 2.24) is 5.32 Å². The van der Waals surface area contributed by atoms with E-state index in [0.717, 1.165) is 30.2 Å². The van der Waals surface area contributed by atoms with Gasteiger partial charge in [0.05, 0.1) is 7.11 Å². The molecule has 1 N–H and O–H groups in total. The summed E-state index contributed by atoms with van der Waals surface area (Å²) in [5.74, 6) is 1.78. The molecule has 0 unspecified atom stereocenters. The highest BCUT2D eigenvalue weighted by Crippen LogP contribution is 2.18. The van der Waals surface area contributed by atoms with Gasteiger partial charge in [0.1, 0.15) is 18.1 Å². The van der Waals surface area contributed by atoms with Crippen LogP contribution in [0.3, 0.4) is 0 Å². The Morgan fingerprint density at radius 2 is 1.95 bits per heavy atom. The summed E-state index contributed by atoms with van der Waals surface area (Å²) < 4.78 is 10.9. The summed E-state index contributed by atoms with van der Waals surface area (Å²) in [6.07, 6.45) is 1.75. The quantitative estimate of drug-likeness (QED) is 0.752. The number of nitrogens with one attached hydrogen (secondary N) is 1. The third-order valence-electron chi connectivity index (χ3n) is 3.11. The largest absolute Gasteiger partial charge is 0.497 e. The first kappa shape index (κ1) is 15.1. The van der Waals surface area contributed by atoms with E-state index in [4.69, 9.17) is 9.47 Å². The lowest BCUT2D eigenvalue weighted by Crippen LogP contribution is -2.13. The molecule has 0 amide bonds. The molecule has 0 saturated heterocycles. The zero-order valence-corrected chi connectivity index (χ0v) is 12.3. The molecule has 110 valence electrons. The van der Waals surface area contributed by atoms with Gasteiger partial charge in [0.25, 0.3) is 0 Å². The number of hydrogen-bond donors (Lipinski definition) is 1. The molecule has 21 heavy (non-hydrogen) atoms. The van der Waals surface area contributed by atoms with Crippen LogP contribution in [0.5, 0.6) is 11.5 Å². The van der Waals surface area contributed by atoms with Crippen molar-refractivity contribution in [3.05, 3.63) is 72.3 Å². The van der Waals surface area contributed by atoms with Crippen LogP contribution in [0.25, 0.3) is 0 Å². The highest BCUT2D eigenvalue weighted by atomic mass is 16.5. The maximum absolute atomic E-state index is 5.65. The van der Waals surface area contributed by atoms with Crippen LogP contribution in [0.1, 0.15) is 11.1 Å². The summed E-state index contributed by atoms with van der Waals surface area (Å²) >= 11 is 0. The highest BCUT2D eigenvalue weighted by molar-refractivity contribution is 5.33. The molecular formula is C18H21NO2. The van der Waals surface area contributed by atoms with Gasteiger partial charge >= 0.3 is 0 Å². The van der Waals surface area contributed by atoms with E-state index in [1.54, 1.807) is 13.2 Å². The van der Waals surface area contributed by atoms with E-state index in [9.17, 15) is 0 Å². The van der Waals surface area contributed by atoms with E-state index in [0.29, 0.717) is 6.61 Å². The molecule has 0 atom stereocenters. The van der Waals surface area contributed by atoms with Gasteiger partial charge in [-0.25, -0.2) is 0 Å². The fraction of sp³-hybridized carbons (Fsp3) is 0.222. The van der Waals surface area contributed by atoms with Gasteiger partial charge < -0.3 is 14.8 Å². The number of methoxy groups -OCH3 is 1. The molecule has 2 rings (SSSR count). The summed E-state index contributed by atoms with van der Waals surface area (Å²) in [4.78, 5) is 0. The maximum Gasteiger partial charge on any atom is 0.124 e. The van der Waals surface area contributed by atoms with Crippen LogP contribution in [-0.4, -0.2) is 13.7 Å². The Bertz CT molecular complexity index is 581. The number of hydrogen-bond acceptors (Lipinski definition) is 3. The standard InChI is InChI=1S/C18H21NO2/c1-3-11-21-18-10-5-4-8-16(18)14-19-13-15-7-6-9-17(12-15)20-2/h3-10,12,19H,1,11,13-14H2,2H3. The minimum atomic E-state index is 0.521. The van der Waals surface area contributed by atoms with Gasteiger partial charge in [0.15, 0.2) is 0 Å². The Morgan fingerprint density at radius 3 is 2.76 bits per heavy atom. The van der Waals surface area contributed by atoms with Crippen molar-refractivity contribution >= 4 is 0 Å². The first-order valence-corrected chi connectivity index (χ1v) is 6.98.